The Kier molecular flexibility index (Phi) is 7.66. The summed E-state index contributed by atoms with van der Waals surface area (Å²) in [5, 5.41) is 12.3. The second-order valence-corrected chi connectivity index (χ2v) is 10.7. The SMILES string of the molecule is CCCCOC(C(=O)O)c1c(C)cc2nc(CCc3ccccc3)ccc2c1-c1ccc2c3c(ccnc13)CCO2. The number of hydrogen-bond donors (Lipinski definition) is 1. The Balaban J connectivity index is 1.55. The maximum absolute atomic E-state index is 12.7. The highest BCUT2D eigenvalue weighted by Gasteiger charge is 2.29. The number of carbonyl (C=O) groups is 1. The molecule has 1 N–H and O–H groups in total. The first-order chi connectivity index (χ1) is 20.0. The van der Waals surface area contributed by atoms with Gasteiger partial charge in [0.2, 0.25) is 0 Å². The molecule has 3 heterocycles. The van der Waals surface area contributed by atoms with Crippen molar-refractivity contribution in [3.63, 3.8) is 0 Å². The van der Waals surface area contributed by atoms with Crippen molar-refractivity contribution in [1.29, 1.82) is 0 Å². The maximum Gasteiger partial charge on any atom is 0.337 e. The molecule has 0 bridgehead atoms. The third kappa shape index (κ3) is 5.27. The summed E-state index contributed by atoms with van der Waals surface area (Å²) in [6.07, 6.45) is 4.95. The molecule has 0 saturated heterocycles. The van der Waals surface area contributed by atoms with Crippen molar-refractivity contribution in [1.82, 2.24) is 9.97 Å². The van der Waals surface area contributed by atoms with Gasteiger partial charge < -0.3 is 14.6 Å². The van der Waals surface area contributed by atoms with Gasteiger partial charge in [0.25, 0.3) is 0 Å². The predicted octanol–water partition coefficient (Wildman–Crippen LogP) is 7.42. The van der Waals surface area contributed by atoms with Crippen molar-refractivity contribution in [2.24, 2.45) is 0 Å². The van der Waals surface area contributed by atoms with E-state index in [0.29, 0.717) is 18.8 Å². The normalized spacial score (nSPS) is 13.3. The molecule has 0 aliphatic carbocycles. The number of benzene rings is 3. The number of aromatic nitrogens is 2. The van der Waals surface area contributed by atoms with Crippen molar-refractivity contribution >= 4 is 27.8 Å². The number of rotatable bonds is 10. The number of carboxylic acids is 1. The lowest BCUT2D eigenvalue weighted by molar-refractivity contribution is -0.151. The molecule has 5 aromatic rings. The molecule has 3 aromatic carbocycles. The van der Waals surface area contributed by atoms with Crippen LogP contribution in [0.15, 0.2) is 72.9 Å². The van der Waals surface area contributed by atoms with E-state index < -0.39 is 12.1 Å². The molecule has 1 aliphatic rings. The van der Waals surface area contributed by atoms with Crippen molar-refractivity contribution < 1.29 is 19.4 Å². The molecule has 0 fully saturated rings. The van der Waals surface area contributed by atoms with Crippen LogP contribution in [-0.4, -0.2) is 34.3 Å². The van der Waals surface area contributed by atoms with E-state index in [1.807, 2.05) is 43.5 Å². The number of carboxylic acid groups (broad SMARTS) is 1. The van der Waals surface area contributed by atoms with Crippen molar-refractivity contribution in [3.8, 4) is 16.9 Å². The van der Waals surface area contributed by atoms with Gasteiger partial charge in [0.1, 0.15) is 5.75 Å². The number of nitrogens with zero attached hydrogens (tertiary/aromatic N) is 2. The molecule has 1 unspecified atom stereocenters. The molecule has 208 valence electrons. The van der Waals surface area contributed by atoms with Crippen LogP contribution in [0.25, 0.3) is 32.9 Å². The molecule has 0 saturated carbocycles. The molecular formula is C35H34N2O4. The van der Waals surface area contributed by atoms with Gasteiger partial charge in [-0.3, -0.25) is 9.97 Å². The Hall–Kier alpha value is -4.29. The van der Waals surface area contributed by atoms with Crippen LogP contribution in [0.3, 0.4) is 0 Å². The number of pyridine rings is 2. The molecule has 1 aliphatic heterocycles. The highest BCUT2D eigenvalue weighted by atomic mass is 16.5. The summed E-state index contributed by atoms with van der Waals surface area (Å²) in [6.45, 7) is 5.02. The van der Waals surface area contributed by atoms with Crippen molar-refractivity contribution in [2.45, 2.75) is 52.1 Å². The van der Waals surface area contributed by atoms with Crippen LogP contribution in [0, 0.1) is 6.92 Å². The summed E-state index contributed by atoms with van der Waals surface area (Å²) in [4.78, 5) is 22.6. The monoisotopic (exact) mass is 546 g/mol. The van der Waals surface area contributed by atoms with Gasteiger partial charge in [-0.05, 0) is 78.8 Å². The molecule has 0 amide bonds. The summed E-state index contributed by atoms with van der Waals surface area (Å²) >= 11 is 0. The Bertz CT molecular complexity index is 1720. The van der Waals surface area contributed by atoms with E-state index in [0.717, 1.165) is 82.0 Å². The van der Waals surface area contributed by atoms with E-state index in [1.54, 1.807) is 0 Å². The highest BCUT2D eigenvalue weighted by Crippen LogP contribution is 2.44. The lowest BCUT2D eigenvalue weighted by Gasteiger charge is -2.24. The van der Waals surface area contributed by atoms with E-state index in [9.17, 15) is 9.90 Å². The third-order valence-corrected chi connectivity index (χ3v) is 7.92. The topological polar surface area (TPSA) is 81.5 Å². The van der Waals surface area contributed by atoms with Gasteiger partial charge in [0.05, 0.1) is 17.6 Å². The smallest absolute Gasteiger partial charge is 0.337 e. The van der Waals surface area contributed by atoms with Crippen LogP contribution in [0.5, 0.6) is 5.75 Å². The van der Waals surface area contributed by atoms with Crippen LogP contribution < -0.4 is 4.74 Å². The van der Waals surface area contributed by atoms with Gasteiger partial charge in [0, 0.05) is 46.8 Å². The number of aliphatic carboxylic acids is 1. The zero-order chi connectivity index (χ0) is 28.3. The fourth-order valence-corrected chi connectivity index (χ4v) is 5.88. The zero-order valence-corrected chi connectivity index (χ0v) is 23.5. The minimum Gasteiger partial charge on any atom is -0.493 e. The fourth-order valence-electron chi connectivity index (χ4n) is 5.88. The predicted molar refractivity (Wildman–Crippen MR) is 162 cm³/mol. The summed E-state index contributed by atoms with van der Waals surface area (Å²) in [7, 11) is 0. The molecule has 0 spiro atoms. The summed E-state index contributed by atoms with van der Waals surface area (Å²) in [6, 6.07) is 22.6. The van der Waals surface area contributed by atoms with Crippen LogP contribution in [0.1, 0.15) is 53.8 Å². The number of hydrogen-bond acceptors (Lipinski definition) is 5. The van der Waals surface area contributed by atoms with Gasteiger partial charge in [-0.25, -0.2) is 4.79 Å². The molecule has 6 heteroatoms. The molecule has 6 nitrogen and oxygen atoms in total. The average Bonchev–Trinajstić information content (AvgIpc) is 2.99. The van der Waals surface area contributed by atoms with Gasteiger partial charge in [-0.15, -0.1) is 0 Å². The van der Waals surface area contributed by atoms with Crippen LogP contribution >= 0.6 is 0 Å². The average molecular weight is 547 g/mol. The molecule has 6 rings (SSSR count). The minimum atomic E-state index is -1.11. The second kappa shape index (κ2) is 11.7. The van der Waals surface area contributed by atoms with Gasteiger partial charge >= 0.3 is 5.97 Å². The quantitative estimate of drug-likeness (QED) is 0.184. The molecule has 1 atom stereocenters. The molecule has 0 radical (unpaired) electrons. The third-order valence-electron chi connectivity index (χ3n) is 7.92. The van der Waals surface area contributed by atoms with Gasteiger partial charge in [0.15, 0.2) is 6.10 Å². The Morgan fingerprint density at radius 2 is 1.93 bits per heavy atom. The summed E-state index contributed by atoms with van der Waals surface area (Å²) < 4.78 is 12.0. The second-order valence-electron chi connectivity index (χ2n) is 10.7. The lowest BCUT2D eigenvalue weighted by atomic mass is 9.86. The lowest BCUT2D eigenvalue weighted by Crippen LogP contribution is -2.19. The summed E-state index contributed by atoms with van der Waals surface area (Å²) in [5.41, 5.74) is 8.26. The first-order valence-electron chi connectivity index (χ1n) is 14.4. The van der Waals surface area contributed by atoms with Crippen LogP contribution in [0.4, 0.5) is 0 Å². The number of fused-ring (bicyclic) bond motifs is 1. The van der Waals surface area contributed by atoms with Crippen LogP contribution in [-0.2, 0) is 28.8 Å². The van der Waals surface area contributed by atoms with E-state index in [1.165, 1.54) is 11.1 Å². The Morgan fingerprint density at radius 3 is 2.73 bits per heavy atom. The van der Waals surface area contributed by atoms with Crippen molar-refractivity contribution in [2.75, 3.05) is 13.2 Å². The van der Waals surface area contributed by atoms with E-state index >= 15 is 0 Å². The number of aryl methyl sites for hydroxylation is 3. The number of ether oxygens (including phenoxy) is 2. The van der Waals surface area contributed by atoms with Crippen LogP contribution in [0.2, 0.25) is 0 Å². The Morgan fingerprint density at radius 1 is 1.07 bits per heavy atom. The number of unbranched alkanes of at least 4 members (excludes halogenated alkanes) is 1. The Labute approximate surface area is 240 Å². The fraction of sp³-hybridized carbons (Fsp3) is 0.286. The van der Waals surface area contributed by atoms with Gasteiger partial charge in [-0.2, -0.15) is 0 Å². The summed E-state index contributed by atoms with van der Waals surface area (Å²) in [5.74, 6) is -0.192. The molecular weight excluding hydrogens is 512 g/mol. The van der Waals surface area contributed by atoms with Crippen molar-refractivity contribution in [3.05, 3.63) is 101 Å². The minimum absolute atomic E-state index is 0.372. The first-order valence-corrected chi connectivity index (χ1v) is 14.4. The van der Waals surface area contributed by atoms with E-state index in [2.05, 4.69) is 43.3 Å². The van der Waals surface area contributed by atoms with Gasteiger partial charge in [-0.1, -0.05) is 49.7 Å². The molecule has 2 aromatic heterocycles. The zero-order valence-electron chi connectivity index (χ0n) is 23.5. The maximum atomic E-state index is 12.7. The van der Waals surface area contributed by atoms with E-state index in [-0.39, 0.29) is 0 Å². The standard InChI is InChI=1S/C35H34N2O4/c1-3-4-19-41-34(35(38)39)30-22(2)21-28-26(13-12-25(37-28)11-10-23-8-6-5-7-9-23)32(30)27-14-15-29-31-24(17-20-40-29)16-18-36-33(27)31/h5-9,12-16,18,21,34H,3-4,10-11,17,19-20H2,1-2H3,(H,38,39). The highest BCUT2D eigenvalue weighted by molar-refractivity contribution is 6.08. The largest absolute Gasteiger partial charge is 0.493 e. The first kappa shape index (κ1) is 26.9. The molecule has 41 heavy (non-hydrogen) atoms. The van der Waals surface area contributed by atoms with E-state index in [4.69, 9.17) is 19.4 Å².